The monoisotopic (exact) mass is 365 g/mol. The average Bonchev–Trinajstić information content (AvgIpc) is 2.69. The molecule has 0 radical (unpaired) electrons. The molecule has 25 heavy (non-hydrogen) atoms. The Hall–Kier alpha value is -1.98. The number of benzene rings is 1. The zero-order chi connectivity index (χ0) is 20.6. The molecule has 0 amide bonds. The average molecular weight is 365 g/mol. The zero-order valence-corrected chi connectivity index (χ0v) is 16.1. The molecule has 0 aliphatic carbocycles. The smallest absolute Gasteiger partial charge is 0.200 e. The zero-order valence-electron chi connectivity index (χ0n) is 16.1. The first kappa shape index (κ1) is 27.8. The molecular weight excluding hydrogens is 337 g/mol. The molecule has 6 heteroatoms. The van der Waals surface area contributed by atoms with Crippen molar-refractivity contribution >= 4 is 0 Å². The molecule has 0 aliphatic heterocycles. The SMILES string of the molecule is CC.CC.CC.Cc1c(F)c(F)c(F)c(F)c1F.Cc1cccnc1. The van der Waals surface area contributed by atoms with E-state index in [2.05, 4.69) is 4.98 Å². The maximum absolute atomic E-state index is 12.4. The van der Waals surface area contributed by atoms with Crippen molar-refractivity contribution in [2.45, 2.75) is 55.4 Å². The Kier molecular flexibility index (Phi) is 18.8. The summed E-state index contributed by atoms with van der Waals surface area (Å²) in [6.07, 6.45) is 3.60. The Morgan fingerprint density at radius 1 is 0.640 bits per heavy atom. The van der Waals surface area contributed by atoms with Crippen molar-refractivity contribution in [2.24, 2.45) is 0 Å². The van der Waals surface area contributed by atoms with E-state index in [0.717, 1.165) is 6.92 Å². The fraction of sp³-hybridized carbons (Fsp3) is 0.421. The number of aromatic nitrogens is 1. The van der Waals surface area contributed by atoms with Gasteiger partial charge in [-0.15, -0.1) is 0 Å². The van der Waals surface area contributed by atoms with Crippen molar-refractivity contribution in [1.29, 1.82) is 0 Å². The summed E-state index contributed by atoms with van der Waals surface area (Å²) < 4.78 is 61.6. The van der Waals surface area contributed by atoms with Gasteiger partial charge >= 0.3 is 0 Å². The summed E-state index contributed by atoms with van der Waals surface area (Å²) in [7, 11) is 0. The topological polar surface area (TPSA) is 12.9 Å². The van der Waals surface area contributed by atoms with Crippen LogP contribution in [0.5, 0.6) is 0 Å². The first-order valence-corrected chi connectivity index (χ1v) is 8.21. The second-order valence-electron chi connectivity index (χ2n) is 3.73. The van der Waals surface area contributed by atoms with Crippen LogP contribution in [-0.2, 0) is 0 Å². The van der Waals surface area contributed by atoms with Gasteiger partial charge in [0, 0.05) is 18.0 Å². The van der Waals surface area contributed by atoms with Gasteiger partial charge in [0.25, 0.3) is 0 Å². The molecule has 2 rings (SSSR count). The van der Waals surface area contributed by atoms with Crippen LogP contribution in [0.1, 0.15) is 52.7 Å². The van der Waals surface area contributed by atoms with E-state index in [1.54, 1.807) is 6.20 Å². The van der Waals surface area contributed by atoms with Crippen LogP contribution in [0.25, 0.3) is 0 Å². The van der Waals surface area contributed by atoms with E-state index < -0.39 is 34.6 Å². The van der Waals surface area contributed by atoms with Crippen molar-refractivity contribution in [1.82, 2.24) is 4.98 Å². The van der Waals surface area contributed by atoms with Gasteiger partial charge in [-0.3, -0.25) is 4.98 Å². The van der Waals surface area contributed by atoms with E-state index >= 15 is 0 Å². The van der Waals surface area contributed by atoms with Gasteiger partial charge in [-0.05, 0) is 25.5 Å². The predicted molar refractivity (Wildman–Crippen MR) is 94.0 cm³/mol. The first-order chi connectivity index (χ1) is 11.9. The number of pyridine rings is 1. The summed E-state index contributed by atoms with van der Waals surface area (Å²) in [6.45, 7) is 14.8. The Morgan fingerprint density at radius 3 is 1.24 bits per heavy atom. The molecule has 1 heterocycles. The third kappa shape index (κ3) is 9.79. The molecular formula is C19H28F5N. The maximum atomic E-state index is 12.4. The number of aryl methyl sites for hydroxylation is 1. The van der Waals surface area contributed by atoms with E-state index in [1.807, 2.05) is 66.8 Å². The highest BCUT2D eigenvalue weighted by molar-refractivity contribution is 5.22. The number of hydrogen-bond donors (Lipinski definition) is 0. The molecule has 144 valence electrons. The van der Waals surface area contributed by atoms with E-state index in [1.165, 1.54) is 5.56 Å². The molecule has 0 aliphatic rings. The van der Waals surface area contributed by atoms with Crippen LogP contribution in [0, 0.1) is 42.9 Å². The second-order valence-corrected chi connectivity index (χ2v) is 3.73. The van der Waals surface area contributed by atoms with Crippen molar-refractivity contribution in [3.8, 4) is 0 Å². The van der Waals surface area contributed by atoms with Crippen LogP contribution in [0.2, 0.25) is 0 Å². The van der Waals surface area contributed by atoms with Gasteiger partial charge in [0.05, 0.1) is 0 Å². The fourth-order valence-electron chi connectivity index (χ4n) is 1.16. The summed E-state index contributed by atoms with van der Waals surface area (Å²) in [6, 6.07) is 3.95. The summed E-state index contributed by atoms with van der Waals surface area (Å²) in [5, 5.41) is 0. The summed E-state index contributed by atoms with van der Waals surface area (Å²) in [5.41, 5.74) is 0.342. The lowest BCUT2D eigenvalue weighted by molar-refractivity contribution is 0.373. The highest BCUT2D eigenvalue weighted by atomic mass is 19.2. The van der Waals surface area contributed by atoms with Crippen LogP contribution < -0.4 is 0 Å². The summed E-state index contributed by atoms with van der Waals surface area (Å²) >= 11 is 0. The van der Waals surface area contributed by atoms with Crippen LogP contribution >= 0.6 is 0 Å². The van der Waals surface area contributed by atoms with Crippen LogP contribution in [0.15, 0.2) is 24.5 Å². The standard InChI is InChI=1S/C7H3F5.C6H7N.3C2H6/c1-2-3(8)5(10)7(12)6(11)4(2)9;1-6-3-2-4-7-5-6;3*1-2/h1H3;2-5H,1H3;3*1-2H3. The van der Waals surface area contributed by atoms with Crippen LogP contribution in [-0.4, -0.2) is 4.98 Å². The normalized spacial score (nSPS) is 8.20. The predicted octanol–water partition coefficient (Wildman–Crippen LogP) is 7.16. The van der Waals surface area contributed by atoms with Gasteiger partial charge in [-0.25, -0.2) is 22.0 Å². The lowest BCUT2D eigenvalue weighted by Gasteiger charge is -2.02. The third-order valence-corrected chi connectivity index (χ3v) is 2.24. The molecule has 0 spiro atoms. The molecule has 1 aromatic carbocycles. The lowest BCUT2D eigenvalue weighted by atomic mass is 10.2. The number of rotatable bonds is 0. The van der Waals surface area contributed by atoms with E-state index in [9.17, 15) is 22.0 Å². The Morgan fingerprint density at radius 2 is 1.00 bits per heavy atom. The third-order valence-electron chi connectivity index (χ3n) is 2.24. The molecule has 0 unspecified atom stereocenters. The van der Waals surface area contributed by atoms with Crippen molar-refractivity contribution < 1.29 is 22.0 Å². The minimum atomic E-state index is -2.13. The minimum absolute atomic E-state index is 0.816. The van der Waals surface area contributed by atoms with Crippen LogP contribution in [0.3, 0.4) is 0 Å². The van der Waals surface area contributed by atoms with Gasteiger partial charge in [-0.2, -0.15) is 0 Å². The van der Waals surface area contributed by atoms with Gasteiger partial charge in [0.15, 0.2) is 23.3 Å². The number of nitrogens with zero attached hydrogens (tertiary/aromatic N) is 1. The fourth-order valence-corrected chi connectivity index (χ4v) is 1.16. The highest BCUT2D eigenvalue weighted by Gasteiger charge is 2.22. The Labute approximate surface area is 147 Å². The van der Waals surface area contributed by atoms with Gasteiger partial charge in [-0.1, -0.05) is 47.6 Å². The minimum Gasteiger partial charge on any atom is -0.264 e. The molecule has 2 aromatic rings. The number of halogens is 5. The lowest BCUT2D eigenvalue weighted by Crippen LogP contribution is -2.03. The molecule has 0 fully saturated rings. The quantitative estimate of drug-likeness (QED) is 0.274. The molecule has 0 bridgehead atoms. The summed E-state index contributed by atoms with van der Waals surface area (Å²) in [5.74, 6) is -9.52. The molecule has 0 saturated carbocycles. The molecule has 0 atom stereocenters. The number of hydrogen-bond acceptors (Lipinski definition) is 1. The first-order valence-electron chi connectivity index (χ1n) is 8.21. The Bertz CT molecular complexity index is 467. The van der Waals surface area contributed by atoms with E-state index in [4.69, 9.17) is 0 Å². The molecule has 0 N–H and O–H groups in total. The maximum Gasteiger partial charge on any atom is 0.200 e. The van der Waals surface area contributed by atoms with Gasteiger partial charge in [0.2, 0.25) is 5.82 Å². The van der Waals surface area contributed by atoms with E-state index in [0.29, 0.717) is 0 Å². The van der Waals surface area contributed by atoms with Crippen LogP contribution in [0.4, 0.5) is 22.0 Å². The van der Waals surface area contributed by atoms with Crippen molar-refractivity contribution in [3.63, 3.8) is 0 Å². The van der Waals surface area contributed by atoms with Crippen molar-refractivity contribution in [3.05, 3.63) is 64.7 Å². The highest BCUT2D eigenvalue weighted by Crippen LogP contribution is 2.21. The summed E-state index contributed by atoms with van der Waals surface area (Å²) in [4.78, 5) is 3.88. The van der Waals surface area contributed by atoms with Crippen molar-refractivity contribution in [2.75, 3.05) is 0 Å². The van der Waals surface area contributed by atoms with Gasteiger partial charge < -0.3 is 0 Å². The molecule has 1 nitrogen and oxygen atoms in total. The Balaban J connectivity index is -0.000000317. The largest absolute Gasteiger partial charge is 0.264 e. The molecule has 1 aromatic heterocycles. The van der Waals surface area contributed by atoms with Gasteiger partial charge in [0.1, 0.15) is 0 Å². The second kappa shape index (κ2) is 16.9. The van der Waals surface area contributed by atoms with E-state index in [-0.39, 0.29) is 0 Å². The molecule has 0 saturated heterocycles.